The monoisotopic (exact) mass is 343 g/mol. The largest absolute Gasteiger partial charge is 0.333 e. The molecule has 3 rings (SSSR count). The number of piperidine rings is 1. The molecule has 0 atom stereocenters. The van der Waals surface area contributed by atoms with Crippen molar-refractivity contribution in [2.45, 2.75) is 19.4 Å². The molecular formula is C18H21N3O2S. The van der Waals surface area contributed by atoms with Crippen molar-refractivity contribution in [3.05, 3.63) is 52.7 Å². The number of anilines is 1. The maximum Gasteiger partial charge on any atom is 0.317 e. The molecule has 2 heterocycles. The zero-order valence-electron chi connectivity index (χ0n) is 13.4. The van der Waals surface area contributed by atoms with Gasteiger partial charge in [-0.2, -0.15) is 0 Å². The van der Waals surface area contributed by atoms with E-state index in [0.29, 0.717) is 32.5 Å². The average Bonchev–Trinajstić information content (AvgIpc) is 3.14. The van der Waals surface area contributed by atoms with Gasteiger partial charge in [0.15, 0.2) is 0 Å². The third-order valence-corrected chi connectivity index (χ3v) is 5.06. The number of urea groups is 1. The molecule has 5 nitrogen and oxygen atoms in total. The van der Waals surface area contributed by atoms with Crippen molar-refractivity contribution in [2.24, 2.45) is 5.92 Å². The predicted molar refractivity (Wildman–Crippen MR) is 95.9 cm³/mol. The highest BCUT2D eigenvalue weighted by molar-refractivity contribution is 7.09. The standard InChI is InChI=1S/C18H21N3O2S/c22-17(20-15-5-2-1-3-6-15)14-8-10-21(11-9-14)18(23)19-13-16-7-4-12-24-16/h1-7,12,14H,8-11,13H2,(H,19,23)(H,20,22). The number of nitrogens with zero attached hydrogens (tertiary/aromatic N) is 1. The van der Waals surface area contributed by atoms with Gasteiger partial charge >= 0.3 is 6.03 Å². The fraction of sp³-hybridized carbons (Fsp3) is 0.333. The average molecular weight is 343 g/mol. The second-order valence-electron chi connectivity index (χ2n) is 5.85. The first-order chi connectivity index (χ1) is 11.7. The van der Waals surface area contributed by atoms with Gasteiger partial charge in [-0.1, -0.05) is 24.3 Å². The Hall–Kier alpha value is -2.34. The topological polar surface area (TPSA) is 61.4 Å². The molecule has 1 aliphatic rings. The number of amides is 3. The molecule has 24 heavy (non-hydrogen) atoms. The van der Waals surface area contributed by atoms with Gasteiger partial charge in [-0.25, -0.2) is 4.79 Å². The van der Waals surface area contributed by atoms with Crippen LogP contribution in [0.3, 0.4) is 0 Å². The van der Waals surface area contributed by atoms with Crippen molar-refractivity contribution in [3.63, 3.8) is 0 Å². The molecule has 0 saturated carbocycles. The molecule has 0 unspecified atom stereocenters. The van der Waals surface area contributed by atoms with Crippen molar-refractivity contribution in [1.29, 1.82) is 0 Å². The Bertz CT molecular complexity index is 665. The second-order valence-corrected chi connectivity index (χ2v) is 6.89. The molecule has 2 aromatic rings. The number of carbonyl (C=O) groups is 2. The smallest absolute Gasteiger partial charge is 0.317 e. The van der Waals surface area contributed by atoms with E-state index in [-0.39, 0.29) is 17.9 Å². The summed E-state index contributed by atoms with van der Waals surface area (Å²) in [4.78, 5) is 27.4. The zero-order chi connectivity index (χ0) is 16.8. The summed E-state index contributed by atoms with van der Waals surface area (Å²) in [6.45, 7) is 1.79. The Morgan fingerprint density at radius 2 is 1.83 bits per heavy atom. The quantitative estimate of drug-likeness (QED) is 0.895. The molecule has 0 aliphatic carbocycles. The summed E-state index contributed by atoms with van der Waals surface area (Å²) in [5.41, 5.74) is 0.818. The number of likely N-dealkylation sites (tertiary alicyclic amines) is 1. The Labute approximate surface area is 145 Å². The molecule has 1 aromatic carbocycles. The van der Waals surface area contributed by atoms with Crippen LogP contribution in [0.4, 0.5) is 10.5 Å². The van der Waals surface area contributed by atoms with Crippen LogP contribution < -0.4 is 10.6 Å². The van der Waals surface area contributed by atoms with Crippen LogP contribution in [0.5, 0.6) is 0 Å². The minimum Gasteiger partial charge on any atom is -0.333 e. The van der Waals surface area contributed by atoms with Crippen LogP contribution >= 0.6 is 11.3 Å². The molecule has 3 amide bonds. The van der Waals surface area contributed by atoms with Crippen LogP contribution in [0.2, 0.25) is 0 Å². The van der Waals surface area contributed by atoms with E-state index in [1.807, 2.05) is 47.8 Å². The first-order valence-electron chi connectivity index (χ1n) is 8.13. The lowest BCUT2D eigenvalue weighted by atomic mass is 9.96. The lowest BCUT2D eigenvalue weighted by Gasteiger charge is -2.31. The summed E-state index contributed by atoms with van der Waals surface area (Å²) in [7, 11) is 0. The van der Waals surface area contributed by atoms with Crippen molar-refractivity contribution < 1.29 is 9.59 Å². The molecule has 2 N–H and O–H groups in total. The summed E-state index contributed by atoms with van der Waals surface area (Å²) < 4.78 is 0. The number of benzene rings is 1. The number of thiophene rings is 1. The first kappa shape index (κ1) is 16.5. The van der Waals surface area contributed by atoms with Crippen LogP contribution in [0.25, 0.3) is 0 Å². The molecule has 1 aromatic heterocycles. The molecule has 0 spiro atoms. The molecule has 126 valence electrons. The normalized spacial score (nSPS) is 15.1. The van der Waals surface area contributed by atoms with Crippen LogP contribution in [0.1, 0.15) is 17.7 Å². The number of para-hydroxylation sites is 1. The highest BCUT2D eigenvalue weighted by Crippen LogP contribution is 2.19. The van der Waals surface area contributed by atoms with E-state index in [1.165, 1.54) is 0 Å². The Morgan fingerprint density at radius 1 is 1.08 bits per heavy atom. The summed E-state index contributed by atoms with van der Waals surface area (Å²) in [6, 6.07) is 13.4. The molecule has 1 aliphatic heterocycles. The minimum absolute atomic E-state index is 0.0356. The Morgan fingerprint density at radius 3 is 2.50 bits per heavy atom. The highest BCUT2D eigenvalue weighted by Gasteiger charge is 2.27. The molecule has 6 heteroatoms. The maximum atomic E-state index is 12.3. The highest BCUT2D eigenvalue weighted by atomic mass is 32.1. The van der Waals surface area contributed by atoms with E-state index in [4.69, 9.17) is 0 Å². The van der Waals surface area contributed by atoms with E-state index in [2.05, 4.69) is 10.6 Å². The molecule has 1 saturated heterocycles. The van der Waals surface area contributed by atoms with Gasteiger partial charge in [-0.15, -0.1) is 11.3 Å². The van der Waals surface area contributed by atoms with Crippen molar-refractivity contribution in [2.75, 3.05) is 18.4 Å². The number of hydrogen-bond acceptors (Lipinski definition) is 3. The fourth-order valence-corrected chi connectivity index (χ4v) is 3.44. The van der Waals surface area contributed by atoms with Gasteiger partial charge in [0.25, 0.3) is 0 Å². The van der Waals surface area contributed by atoms with E-state index >= 15 is 0 Å². The van der Waals surface area contributed by atoms with Crippen molar-refractivity contribution in [3.8, 4) is 0 Å². The Kier molecular flexibility index (Phi) is 5.48. The summed E-state index contributed by atoms with van der Waals surface area (Å²) in [5.74, 6) is 0.00592. The van der Waals surface area contributed by atoms with Gasteiger partial charge in [0.2, 0.25) is 5.91 Å². The van der Waals surface area contributed by atoms with Crippen LogP contribution in [0, 0.1) is 5.92 Å². The van der Waals surface area contributed by atoms with Gasteiger partial charge in [0.1, 0.15) is 0 Å². The lowest BCUT2D eigenvalue weighted by molar-refractivity contribution is -0.121. The van der Waals surface area contributed by atoms with Gasteiger partial charge in [0.05, 0.1) is 6.54 Å². The molecule has 0 radical (unpaired) electrons. The van der Waals surface area contributed by atoms with Gasteiger partial charge in [-0.05, 0) is 36.4 Å². The van der Waals surface area contributed by atoms with Crippen LogP contribution in [-0.4, -0.2) is 29.9 Å². The lowest BCUT2D eigenvalue weighted by Crippen LogP contribution is -2.45. The number of hydrogen-bond donors (Lipinski definition) is 2. The zero-order valence-corrected chi connectivity index (χ0v) is 14.2. The van der Waals surface area contributed by atoms with Crippen molar-refractivity contribution in [1.82, 2.24) is 10.2 Å². The van der Waals surface area contributed by atoms with Crippen LogP contribution in [-0.2, 0) is 11.3 Å². The third kappa shape index (κ3) is 4.35. The second kappa shape index (κ2) is 7.97. The third-order valence-electron chi connectivity index (χ3n) is 4.19. The first-order valence-corrected chi connectivity index (χ1v) is 9.01. The van der Waals surface area contributed by atoms with Gasteiger partial charge in [0, 0.05) is 29.6 Å². The van der Waals surface area contributed by atoms with Crippen molar-refractivity contribution >= 4 is 29.0 Å². The predicted octanol–water partition coefficient (Wildman–Crippen LogP) is 3.31. The number of carbonyl (C=O) groups excluding carboxylic acids is 2. The van der Waals surface area contributed by atoms with Gasteiger partial charge in [-0.3, -0.25) is 4.79 Å². The fourth-order valence-electron chi connectivity index (χ4n) is 2.80. The number of rotatable bonds is 4. The summed E-state index contributed by atoms with van der Waals surface area (Å²) in [6.07, 6.45) is 1.40. The van der Waals surface area contributed by atoms with Gasteiger partial charge < -0.3 is 15.5 Å². The maximum absolute atomic E-state index is 12.3. The SMILES string of the molecule is O=C(Nc1ccccc1)C1CCN(C(=O)NCc2cccs2)CC1. The van der Waals surface area contributed by atoms with Crippen LogP contribution in [0.15, 0.2) is 47.8 Å². The Balaban J connectivity index is 1.43. The molecular weight excluding hydrogens is 322 g/mol. The minimum atomic E-state index is -0.0506. The summed E-state index contributed by atoms with van der Waals surface area (Å²) >= 11 is 1.63. The number of nitrogens with one attached hydrogen (secondary N) is 2. The van der Waals surface area contributed by atoms with E-state index in [0.717, 1.165) is 10.6 Å². The molecule has 1 fully saturated rings. The van der Waals surface area contributed by atoms with E-state index in [1.54, 1.807) is 16.2 Å². The van der Waals surface area contributed by atoms with E-state index < -0.39 is 0 Å². The van der Waals surface area contributed by atoms with E-state index in [9.17, 15) is 9.59 Å². The molecule has 0 bridgehead atoms. The summed E-state index contributed by atoms with van der Waals surface area (Å²) in [5, 5.41) is 7.88.